The van der Waals surface area contributed by atoms with Crippen molar-refractivity contribution in [3.8, 4) is 5.88 Å². The van der Waals surface area contributed by atoms with E-state index in [1.54, 1.807) is 10.8 Å². The first-order valence-corrected chi connectivity index (χ1v) is 7.85. The number of carboxylic acids is 1. The molecule has 0 bridgehead atoms. The zero-order valence-corrected chi connectivity index (χ0v) is 13.6. The molecule has 0 spiro atoms. The third-order valence-corrected chi connectivity index (χ3v) is 4.52. The van der Waals surface area contributed by atoms with Crippen molar-refractivity contribution in [2.75, 3.05) is 0 Å². The van der Waals surface area contributed by atoms with Crippen LogP contribution in [0.5, 0.6) is 5.88 Å². The first-order chi connectivity index (χ1) is 9.47. The second kappa shape index (κ2) is 6.55. The summed E-state index contributed by atoms with van der Waals surface area (Å²) in [5.41, 5.74) is 0. The third kappa shape index (κ3) is 3.71. The molecule has 2 aromatic heterocycles. The molecule has 0 saturated carbocycles. The molecule has 5 nitrogen and oxygen atoms in total. The van der Waals surface area contributed by atoms with Gasteiger partial charge in [0, 0.05) is 19.4 Å². The fourth-order valence-electron chi connectivity index (χ4n) is 1.75. The standard InChI is InChI=1S/C12H12BrNO4S2/c13-7-4-8(18-6-7)5-9-11(17)14(12(19)20-9)3-1-2-10(15)16/h4,6,17H,1-3,5H2,(H,15,16). The highest BCUT2D eigenvalue weighted by Crippen LogP contribution is 2.29. The Balaban J connectivity index is 2.12. The van der Waals surface area contributed by atoms with Gasteiger partial charge in [0.2, 0.25) is 5.88 Å². The van der Waals surface area contributed by atoms with E-state index < -0.39 is 5.97 Å². The number of carbonyl (C=O) groups is 1. The number of thiazole rings is 1. The quantitative estimate of drug-likeness (QED) is 0.748. The van der Waals surface area contributed by atoms with Gasteiger partial charge in [-0.2, -0.15) is 0 Å². The number of rotatable bonds is 6. The van der Waals surface area contributed by atoms with Crippen LogP contribution in [0.15, 0.2) is 21.2 Å². The molecule has 0 aliphatic heterocycles. The van der Waals surface area contributed by atoms with Gasteiger partial charge in [-0.05, 0) is 40.6 Å². The molecule has 108 valence electrons. The van der Waals surface area contributed by atoms with E-state index in [1.165, 1.54) is 11.3 Å². The molecule has 2 aromatic rings. The van der Waals surface area contributed by atoms with Crippen LogP contribution in [0.2, 0.25) is 0 Å². The summed E-state index contributed by atoms with van der Waals surface area (Å²) < 4.78 is 8.26. The van der Waals surface area contributed by atoms with Crippen molar-refractivity contribution in [1.82, 2.24) is 4.57 Å². The molecule has 0 radical (unpaired) electrons. The molecular formula is C12H12BrNO4S2. The highest BCUT2D eigenvalue weighted by molar-refractivity contribution is 9.10. The van der Waals surface area contributed by atoms with Crippen molar-refractivity contribution >= 4 is 45.5 Å². The van der Waals surface area contributed by atoms with Crippen molar-refractivity contribution in [1.29, 1.82) is 0 Å². The van der Waals surface area contributed by atoms with E-state index in [-0.39, 0.29) is 12.3 Å². The second-order valence-corrected chi connectivity index (χ2v) is 6.82. The van der Waals surface area contributed by atoms with E-state index in [0.29, 0.717) is 28.2 Å². The smallest absolute Gasteiger partial charge is 0.303 e. The molecule has 0 aliphatic rings. The number of nitrogens with zero attached hydrogens (tertiary/aromatic N) is 1. The van der Waals surface area contributed by atoms with E-state index in [0.717, 1.165) is 10.2 Å². The average Bonchev–Trinajstić information content (AvgIpc) is 2.88. The first-order valence-electron chi connectivity index (χ1n) is 5.83. The van der Waals surface area contributed by atoms with Crippen LogP contribution in [0.4, 0.5) is 0 Å². The number of hydrogen-bond acceptors (Lipinski definition) is 5. The van der Waals surface area contributed by atoms with Crippen molar-refractivity contribution in [2.45, 2.75) is 25.8 Å². The number of furan rings is 1. The van der Waals surface area contributed by atoms with Crippen LogP contribution in [-0.2, 0) is 17.8 Å². The maximum Gasteiger partial charge on any atom is 0.303 e. The topological polar surface area (TPSA) is 75.6 Å². The Morgan fingerprint density at radius 3 is 2.90 bits per heavy atom. The fraction of sp³-hybridized carbons (Fsp3) is 0.333. The van der Waals surface area contributed by atoms with Crippen LogP contribution in [0.3, 0.4) is 0 Å². The lowest BCUT2D eigenvalue weighted by Gasteiger charge is -2.03. The minimum Gasteiger partial charge on any atom is -0.494 e. The van der Waals surface area contributed by atoms with E-state index in [9.17, 15) is 9.90 Å². The largest absolute Gasteiger partial charge is 0.494 e. The van der Waals surface area contributed by atoms with E-state index in [1.807, 2.05) is 6.07 Å². The summed E-state index contributed by atoms with van der Waals surface area (Å²) in [5.74, 6) is -0.0362. The summed E-state index contributed by atoms with van der Waals surface area (Å²) in [6.45, 7) is 0.398. The van der Waals surface area contributed by atoms with Crippen molar-refractivity contribution in [2.24, 2.45) is 0 Å². The Bertz CT molecular complexity index is 673. The summed E-state index contributed by atoms with van der Waals surface area (Å²) in [7, 11) is 0. The molecule has 0 aromatic carbocycles. The first kappa shape index (κ1) is 15.3. The molecule has 2 N–H and O–H groups in total. The molecule has 2 rings (SSSR count). The molecule has 0 atom stereocenters. The van der Waals surface area contributed by atoms with Gasteiger partial charge in [0.25, 0.3) is 0 Å². The molecule has 0 saturated heterocycles. The van der Waals surface area contributed by atoms with Gasteiger partial charge in [-0.25, -0.2) is 0 Å². The third-order valence-electron chi connectivity index (χ3n) is 2.66. The van der Waals surface area contributed by atoms with Gasteiger partial charge in [0.05, 0.1) is 9.35 Å². The second-order valence-electron chi connectivity index (χ2n) is 4.17. The molecule has 0 aliphatic carbocycles. The van der Waals surface area contributed by atoms with Gasteiger partial charge in [0.1, 0.15) is 12.0 Å². The predicted molar refractivity (Wildman–Crippen MR) is 80.9 cm³/mol. The lowest BCUT2D eigenvalue weighted by molar-refractivity contribution is -0.137. The number of aliphatic carboxylic acids is 1. The number of halogens is 1. The van der Waals surface area contributed by atoms with Crippen LogP contribution in [-0.4, -0.2) is 20.7 Å². The Morgan fingerprint density at radius 2 is 2.30 bits per heavy atom. The van der Waals surface area contributed by atoms with Crippen LogP contribution < -0.4 is 0 Å². The predicted octanol–water partition coefficient (Wildman–Crippen LogP) is 3.80. The zero-order valence-electron chi connectivity index (χ0n) is 10.3. The Labute approximate surface area is 132 Å². The molecular weight excluding hydrogens is 366 g/mol. The van der Waals surface area contributed by atoms with Crippen molar-refractivity contribution in [3.05, 3.63) is 31.4 Å². The van der Waals surface area contributed by atoms with Crippen molar-refractivity contribution < 1.29 is 19.4 Å². The SMILES string of the molecule is O=C(O)CCCn1c(O)c(Cc2cc(Br)co2)sc1=S. The maximum atomic E-state index is 10.5. The monoisotopic (exact) mass is 377 g/mol. The number of aromatic hydroxyl groups is 1. The Hall–Kier alpha value is -1.12. The van der Waals surface area contributed by atoms with E-state index in [2.05, 4.69) is 15.9 Å². The molecule has 2 heterocycles. The van der Waals surface area contributed by atoms with E-state index in [4.69, 9.17) is 21.7 Å². The summed E-state index contributed by atoms with van der Waals surface area (Å²) in [4.78, 5) is 11.2. The Morgan fingerprint density at radius 1 is 1.55 bits per heavy atom. The maximum absolute atomic E-state index is 10.5. The molecule has 0 amide bonds. The lowest BCUT2D eigenvalue weighted by atomic mass is 10.3. The van der Waals surface area contributed by atoms with Gasteiger partial charge in [-0.1, -0.05) is 0 Å². The van der Waals surface area contributed by atoms with Crippen LogP contribution in [0.25, 0.3) is 0 Å². The summed E-state index contributed by atoms with van der Waals surface area (Å²) in [6.07, 6.45) is 2.52. The molecule has 0 fully saturated rings. The fourth-order valence-corrected chi connectivity index (χ4v) is 3.49. The number of carboxylic acid groups (broad SMARTS) is 1. The number of aromatic nitrogens is 1. The summed E-state index contributed by atoms with van der Waals surface area (Å²) in [6, 6.07) is 1.83. The normalized spacial score (nSPS) is 10.8. The van der Waals surface area contributed by atoms with Crippen LogP contribution in [0, 0.1) is 3.95 Å². The lowest BCUT2D eigenvalue weighted by Crippen LogP contribution is -2.01. The van der Waals surface area contributed by atoms with Crippen molar-refractivity contribution in [3.63, 3.8) is 0 Å². The summed E-state index contributed by atoms with van der Waals surface area (Å²) in [5, 5.41) is 18.8. The summed E-state index contributed by atoms with van der Waals surface area (Å²) >= 11 is 9.80. The minimum atomic E-state index is -0.855. The average molecular weight is 378 g/mol. The highest BCUT2D eigenvalue weighted by atomic mass is 79.9. The van der Waals surface area contributed by atoms with Gasteiger partial charge >= 0.3 is 5.97 Å². The Kier molecular flexibility index (Phi) is 5.00. The van der Waals surface area contributed by atoms with Gasteiger partial charge in [0.15, 0.2) is 3.95 Å². The molecule has 0 unspecified atom stereocenters. The molecule has 8 heteroatoms. The van der Waals surface area contributed by atoms with Gasteiger partial charge < -0.3 is 14.6 Å². The van der Waals surface area contributed by atoms with E-state index >= 15 is 0 Å². The zero-order chi connectivity index (χ0) is 14.7. The van der Waals surface area contributed by atoms with Crippen LogP contribution in [0.1, 0.15) is 23.5 Å². The van der Waals surface area contributed by atoms with Gasteiger partial charge in [-0.15, -0.1) is 11.3 Å². The van der Waals surface area contributed by atoms with Gasteiger partial charge in [-0.3, -0.25) is 9.36 Å². The molecule has 20 heavy (non-hydrogen) atoms. The highest BCUT2D eigenvalue weighted by Gasteiger charge is 2.14. The van der Waals surface area contributed by atoms with Crippen LogP contribution >= 0.6 is 39.5 Å². The number of hydrogen-bond donors (Lipinski definition) is 2. The minimum absolute atomic E-state index is 0.0531.